The van der Waals surface area contributed by atoms with Crippen LogP contribution < -0.4 is 0 Å². The van der Waals surface area contributed by atoms with E-state index in [9.17, 15) is 0 Å². The summed E-state index contributed by atoms with van der Waals surface area (Å²) in [6, 6.07) is 0. The van der Waals surface area contributed by atoms with Crippen molar-refractivity contribution in [2.75, 3.05) is 8.86 Å². The number of halogens is 2. The van der Waals surface area contributed by atoms with Crippen LogP contribution in [0.5, 0.6) is 0 Å². The Morgan fingerprint density at radius 3 is 2.25 bits per heavy atom. The zero-order chi connectivity index (χ0) is 5.98. The molecule has 1 aliphatic heterocycles. The van der Waals surface area contributed by atoms with Gasteiger partial charge in [0.1, 0.15) is 0 Å². The van der Waals surface area contributed by atoms with Crippen LogP contribution in [0, 0.1) is 5.92 Å². The molecule has 0 nitrogen and oxygen atoms in total. The Bertz CT molecular complexity index is 54.9. The molecular formula is C6H12I2. The third kappa shape index (κ3) is 2.37. The summed E-state index contributed by atoms with van der Waals surface area (Å²) in [5, 5.41) is 0. The van der Waals surface area contributed by atoms with Gasteiger partial charge >= 0.3 is 69.0 Å². The number of rotatable bonds is 0. The number of hydrogen-bond acceptors (Lipinski definition) is 0. The van der Waals surface area contributed by atoms with Gasteiger partial charge in [-0.1, -0.05) is 0 Å². The molecule has 1 rings (SSSR count). The zero-order valence-corrected chi connectivity index (χ0v) is 9.48. The first-order valence-corrected chi connectivity index (χ1v) is 12.4. The molecule has 0 saturated carbocycles. The van der Waals surface area contributed by atoms with Gasteiger partial charge in [0.05, 0.1) is 0 Å². The van der Waals surface area contributed by atoms with E-state index in [1.807, 2.05) is 0 Å². The fourth-order valence-electron chi connectivity index (χ4n) is 0.848. The van der Waals surface area contributed by atoms with Gasteiger partial charge in [-0.15, -0.1) is 0 Å². The molecule has 2 heteroatoms. The average Bonchev–Trinajstić information content (AvgIpc) is 1.77. The molecule has 0 N–H and O–H groups in total. The van der Waals surface area contributed by atoms with E-state index >= 15 is 0 Å². The third-order valence-corrected chi connectivity index (χ3v) is 10.7. The van der Waals surface area contributed by atoms with Gasteiger partial charge in [-0.25, -0.2) is 0 Å². The Hall–Kier alpha value is 1.46. The number of alkyl halides is 2. The van der Waals surface area contributed by atoms with E-state index < -0.39 is 0 Å². The van der Waals surface area contributed by atoms with Gasteiger partial charge in [-0.2, -0.15) is 0 Å². The summed E-state index contributed by atoms with van der Waals surface area (Å²) in [6.07, 6.45) is 3.07. The van der Waals surface area contributed by atoms with E-state index in [1.54, 1.807) is 8.86 Å². The van der Waals surface area contributed by atoms with Crippen molar-refractivity contribution in [1.29, 1.82) is 0 Å². The van der Waals surface area contributed by atoms with Gasteiger partial charge in [0.15, 0.2) is 0 Å². The molecule has 0 spiro atoms. The first-order valence-electron chi connectivity index (χ1n) is 3.07. The monoisotopic (exact) mass is 338 g/mol. The predicted octanol–water partition coefficient (Wildman–Crippen LogP) is 3.27. The van der Waals surface area contributed by atoms with Crippen molar-refractivity contribution in [3.05, 3.63) is 0 Å². The van der Waals surface area contributed by atoms with Gasteiger partial charge in [0, 0.05) is 0 Å². The van der Waals surface area contributed by atoms with Crippen LogP contribution in [0.2, 0.25) is 0 Å². The van der Waals surface area contributed by atoms with Crippen LogP contribution in [0.4, 0.5) is 0 Å². The van der Waals surface area contributed by atoms with Crippen LogP contribution in [-0.2, 0) is 0 Å². The Morgan fingerprint density at radius 2 is 1.88 bits per heavy atom. The van der Waals surface area contributed by atoms with Crippen molar-refractivity contribution in [1.82, 2.24) is 0 Å². The second-order valence-corrected chi connectivity index (χ2v) is 14.6. The molecule has 1 saturated heterocycles. The van der Waals surface area contributed by atoms with E-state index in [2.05, 4.69) is 25.5 Å². The van der Waals surface area contributed by atoms with Crippen molar-refractivity contribution in [3.63, 3.8) is 0 Å². The summed E-state index contributed by atoms with van der Waals surface area (Å²) >= 11 is 2.41. The van der Waals surface area contributed by atoms with Gasteiger partial charge in [-0.3, -0.25) is 0 Å². The normalized spacial score (nSPS) is 28.5. The molecule has 1 heterocycles. The van der Waals surface area contributed by atoms with Crippen molar-refractivity contribution in [3.8, 4) is 0 Å². The first kappa shape index (κ1) is 7.57. The third-order valence-electron chi connectivity index (χ3n) is 1.61. The van der Waals surface area contributed by atoms with Crippen molar-refractivity contribution in [2.24, 2.45) is 5.92 Å². The molecule has 8 heavy (non-hydrogen) atoms. The van der Waals surface area contributed by atoms with Crippen molar-refractivity contribution in [2.45, 2.75) is 19.8 Å². The molecule has 0 aromatic heterocycles. The van der Waals surface area contributed by atoms with Crippen LogP contribution >= 0.6 is 34.5 Å². The van der Waals surface area contributed by atoms with E-state index in [-0.39, 0.29) is 15.8 Å². The second-order valence-electron chi connectivity index (χ2n) is 2.45. The van der Waals surface area contributed by atoms with Gasteiger partial charge in [0.2, 0.25) is 0 Å². The molecule has 0 aliphatic carbocycles. The molecule has 0 bridgehead atoms. The first-order chi connectivity index (χ1) is 3.79. The summed E-state index contributed by atoms with van der Waals surface area (Å²) in [5.74, 6) is 1.05. The Labute approximate surface area is 68.4 Å². The number of hydrogen-bond donors (Lipinski definition) is 0. The predicted molar refractivity (Wildman–Crippen MR) is 56.2 cm³/mol. The second kappa shape index (κ2) is 3.58. The molecule has 50 valence electrons. The van der Waals surface area contributed by atoms with Gasteiger partial charge in [0.25, 0.3) is 0 Å². The fourth-order valence-corrected chi connectivity index (χ4v) is 8.02. The van der Waals surface area contributed by atoms with Crippen molar-refractivity contribution < 1.29 is 0 Å². The van der Waals surface area contributed by atoms with Crippen LogP contribution in [0.1, 0.15) is 19.8 Å². The van der Waals surface area contributed by atoms with E-state index in [4.69, 9.17) is 0 Å². The molecule has 0 atom stereocenters. The Kier molecular flexibility index (Phi) is 3.39. The summed E-state index contributed by atoms with van der Waals surface area (Å²) < 4.78 is 3.23. The molecule has 0 aromatic rings. The van der Waals surface area contributed by atoms with Crippen LogP contribution in [-0.4, -0.2) is 8.86 Å². The van der Waals surface area contributed by atoms with Crippen molar-refractivity contribution >= 4 is 34.5 Å². The summed E-state index contributed by atoms with van der Waals surface area (Å²) in [7, 11) is 0. The summed E-state index contributed by atoms with van der Waals surface area (Å²) in [5.41, 5.74) is 0. The zero-order valence-electron chi connectivity index (χ0n) is 5.16. The Balaban J connectivity index is 2.19. The Morgan fingerprint density at radius 1 is 1.38 bits per heavy atom. The summed E-state index contributed by atoms with van der Waals surface area (Å²) in [4.78, 5) is 0. The van der Waals surface area contributed by atoms with Crippen LogP contribution in [0.25, 0.3) is 0 Å². The minimum atomic E-state index is -0.311. The van der Waals surface area contributed by atoms with E-state index in [0.717, 1.165) is 5.92 Å². The van der Waals surface area contributed by atoms with E-state index in [0.29, 0.717) is 0 Å². The maximum absolute atomic E-state index is 2.72. The fraction of sp³-hybridized carbons (Fsp3) is 1.00. The SMILES string of the molecule is CC1CCI(I)CC1. The molecule has 0 aromatic carbocycles. The molecule has 0 unspecified atom stereocenters. The topological polar surface area (TPSA) is 0 Å². The van der Waals surface area contributed by atoms with Crippen LogP contribution in [0.3, 0.4) is 0 Å². The molecule has 1 aliphatic rings. The average molecular weight is 338 g/mol. The summed E-state index contributed by atoms with van der Waals surface area (Å²) in [6.45, 7) is 2.39. The quantitative estimate of drug-likeness (QED) is 0.470. The molecule has 0 amide bonds. The van der Waals surface area contributed by atoms with Crippen LogP contribution in [0.15, 0.2) is 0 Å². The minimum absolute atomic E-state index is 0.311. The molecule has 0 radical (unpaired) electrons. The maximum atomic E-state index is 2.72. The van der Waals surface area contributed by atoms with Gasteiger partial charge in [-0.05, 0) is 0 Å². The molecule has 1 fully saturated rings. The van der Waals surface area contributed by atoms with Gasteiger partial charge < -0.3 is 0 Å². The standard InChI is InChI=1S/C6H12I2/c1-6-2-4-8(7)5-3-6/h6H,2-5H2,1H3. The molecular weight excluding hydrogens is 326 g/mol. The van der Waals surface area contributed by atoms with E-state index in [1.165, 1.54) is 12.8 Å².